The van der Waals surface area contributed by atoms with E-state index in [9.17, 15) is 10.1 Å². The largest absolute Gasteiger partial charge is 0.466 e. The molecule has 0 aliphatic rings. The molecule has 8 heteroatoms. The molecule has 0 aliphatic heterocycles. The summed E-state index contributed by atoms with van der Waals surface area (Å²) < 4.78 is 9.21. The molecule has 1 aromatic heterocycles. The van der Waals surface area contributed by atoms with Gasteiger partial charge in [-0.3, -0.25) is 4.79 Å². The zero-order valence-electron chi connectivity index (χ0n) is 17.4. The van der Waals surface area contributed by atoms with Crippen LogP contribution in [-0.4, -0.2) is 30.0 Å². The van der Waals surface area contributed by atoms with Gasteiger partial charge in [0.2, 0.25) is 0 Å². The minimum Gasteiger partial charge on any atom is -0.466 e. The van der Waals surface area contributed by atoms with Gasteiger partial charge >= 0.3 is 5.97 Å². The molecule has 154 valence electrons. The lowest BCUT2D eigenvalue weighted by atomic mass is 10.1. The van der Waals surface area contributed by atoms with Crippen LogP contribution in [0.4, 0.5) is 16.4 Å². The Balaban J connectivity index is 2.16. The number of azo groups is 1. The number of anilines is 1. The Labute approximate surface area is 176 Å². The summed E-state index contributed by atoms with van der Waals surface area (Å²) in [4.78, 5) is 13.9. The highest BCUT2D eigenvalue weighted by atomic mass is 32.1. The summed E-state index contributed by atoms with van der Waals surface area (Å²) >= 11 is 1.17. The number of hydrogen-bond acceptors (Lipinski definition) is 8. The highest BCUT2D eigenvalue weighted by Crippen LogP contribution is 2.31. The summed E-state index contributed by atoms with van der Waals surface area (Å²) in [5, 5.41) is 18.3. The van der Waals surface area contributed by atoms with E-state index in [1.165, 1.54) is 11.5 Å². The van der Waals surface area contributed by atoms with Crippen molar-refractivity contribution < 1.29 is 9.53 Å². The average Bonchev–Trinajstić information content (AvgIpc) is 3.06. The van der Waals surface area contributed by atoms with Gasteiger partial charge in [-0.25, -0.2) is 0 Å². The van der Waals surface area contributed by atoms with E-state index in [-0.39, 0.29) is 5.97 Å². The molecule has 29 heavy (non-hydrogen) atoms. The van der Waals surface area contributed by atoms with Crippen LogP contribution >= 0.6 is 11.5 Å². The number of aromatic nitrogens is 1. The molecule has 1 aromatic carbocycles. The van der Waals surface area contributed by atoms with Gasteiger partial charge in [0.1, 0.15) is 11.6 Å². The molecule has 0 saturated carbocycles. The van der Waals surface area contributed by atoms with Crippen LogP contribution in [0.3, 0.4) is 0 Å². The molecular weight excluding hydrogens is 386 g/mol. The SMILES string of the molecule is CCCCN(CCC(=O)OCC)c1ccc(N=Nc2snc(C)c2C#N)c(C)c1. The van der Waals surface area contributed by atoms with Crippen molar-refractivity contribution >= 4 is 33.9 Å². The third-order valence-electron chi connectivity index (χ3n) is 4.42. The third-order valence-corrected chi connectivity index (χ3v) is 5.25. The van der Waals surface area contributed by atoms with E-state index in [0.29, 0.717) is 35.8 Å². The molecule has 0 saturated heterocycles. The predicted molar refractivity (Wildman–Crippen MR) is 115 cm³/mol. The van der Waals surface area contributed by atoms with E-state index in [1.807, 2.05) is 26.0 Å². The summed E-state index contributed by atoms with van der Waals surface area (Å²) in [5.41, 5.74) is 3.91. The minimum atomic E-state index is -0.177. The third kappa shape index (κ3) is 6.36. The van der Waals surface area contributed by atoms with E-state index in [4.69, 9.17) is 4.74 Å². The van der Waals surface area contributed by atoms with Crippen molar-refractivity contribution in [3.63, 3.8) is 0 Å². The zero-order chi connectivity index (χ0) is 21.2. The van der Waals surface area contributed by atoms with E-state index < -0.39 is 0 Å². The number of benzene rings is 1. The summed E-state index contributed by atoms with van der Waals surface area (Å²) in [6.45, 7) is 9.62. The first kappa shape index (κ1) is 22.5. The molecule has 7 nitrogen and oxygen atoms in total. The Kier molecular flexibility index (Phi) is 8.74. The standard InChI is InChI=1S/C21H27N5O2S/c1-5-7-11-26(12-10-20(27)28-6-2)17-8-9-19(15(3)13-17)23-24-21-18(14-22)16(4)25-29-21/h8-9,13H,5-7,10-12H2,1-4H3. The van der Waals surface area contributed by atoms with Crippen LogP contribution in [0.2, 0.25) is 0 Å². The predicted octanol–water partition coefficient (Wildman–Crippen LogP) is 5.61. The molecule has 0 unspecified atom stereocenters. The van der Waals surface area contributed by atoms with Crippen molar-refractivity contribution in [2.75, 3.05) is 24.6 Å². The van der Waals surface area contributed by atoms with Gasteiger partial charge in [-0.05, 0) is 62.5 Å². The fourth-order valence-electron chi connectivity index (χ4n) is 2.78. The first-order valence-electron chi connectivity index (χ1n) is 9.79. The Morgan fingerprint density at radius 2 is 2.07 bits per heavy atom. The monoisotopic (exact) mass is 413 g/mol. The molecule has 2 aromatic rings. The Bertz CT molecular complexity index is 901. The van der Waals surface area contributed by atoms with Gasteiger partial charge in [0, 0.05) is 18.8 Å². The number of nitrogens with zero attached hydrogens (tertiary/aromatic N) is 5. The molecule has 0 spiro atoms. The van der Waals surface area contributed by atoms with Crippen LogP contribution in [0.15, 0.2) is 28.4 Å². The van der Waals surface area contributed by atoms with Gasteiger partial charge in [-0.1, -0.05) is 13.3 Å². The molecule has 0 radical (unpaired) electrons. The number of carbonyl (C=O) groups excluding carboxylic acids is 1. The van der Waals surface area contributed by atoms with Crippen molar-refractivity contribution in [1.29, 1.82) is 5.26 Å². The highest BCUT2D eigenvalue weighted by Gasteiger charge is 2.12. The maximum atomic E-state index is 11.7. The molecule has 0 aliphatic carbocycles. The van der Waals surface area contributed by atoms with Crippen LogP contribution in [0.1, 0.15) is 49.9 Å². The Morgan fingerprint density at radius 3 is 2.72 bits per heavy atom. The van der Waals surface area contributed by atoms with Gasteiger partial charge in [-0.15, -0.1) is 10.2 Å². The van der Waals surface area contributed by atoms with Crippen molar-refractivity contribution in [3.8, 4) is 6.07 Å². The van der Waals surface area contributed by atoms with Gasteiger partial charge in [0.05, 0.1) is 24.4 Å². The van der Waals surface area contributed by atoms with Gasteiger partial charge in [0.25, 0.3) is 0 Å². The normalized spacial score (nSPS) is 10.9. The van der Waals surface area contributed by atoms with E-state index in [0.717, 1.165) is 36.3 Å². The van der Waals surface area contributed by atoms with E-state index >= 15 is 0 Å². The van der Waals surface area contributed by atoms with Gasteiger partial charge in [-0.2, -0.15) is 9.64 Å². The molecule has 0 N–H and O–H groups in total. The number of hydrogen-bond donors (Lipinski definition) is 0. The summed E-state index contributed by atoms with van der Waals surface area (Å²) in [6.07, 6.45) is 2.49. The maximum Gasteiger partial charge on any atom is 0.307 e. The van der Waals surface area contributed by atoms with Crippen molar-refractivity contribution in [1.82, 2.24) is 4.37 Å². The first-order chi connectivity index (χ1) is 14.0. The van der Waals surface area contributed by atoms with Crippen molar-refractivity contribution in [2.24, 2.45) is 10.2 Å². The van der Waals surface area contributed by atoms with Crippen LogP contribution in [0.5, 0.6) is 0 Å². The second kappa shape index (κ2) is 11.3. The van der Waals surface area contributed by atoms with Crippen LogP contribution in [-0.2, 0) is 9.53 Å². The van der Waals surface area contributed by atoms with Crippen LogP contribution in [0, 0.1) is 25.2 Å². The van der Waals surface area contributed by atoms with E-state index in [2.05, 4.69) is 38.6 Å². The fourth-order valence-corrected chi connectivity index (χ4v) is 3.46. The van der Waals surface area contributed by atoms with Gasteiger partial charge in [0.15, 0.2) is 5.00 Å². The first-order valence-corrected chi connectivity index (χ1v) is 10.6. The summed E-state index contributed by atoms with van der Waals surface area (Å²) in [6, 6.07) is 8.08. The van der Waals surface area contributed by atoms with Crippen molar-refractivity contribution in [3.05, 3.63) is 35.0 Å². The summed E-state index contributed by atoms with van der Waals surface area (Å²) in [7, 11) is 0. The smallest absolute Gasteiger partial charge is 0.307 e. The fraction of sp³-hybridized carbons (Fsp3) is 0.476. The highest BCUT2D eigenvalue weighted by molar-refractivity contribution is 7.10. The average molecular weight is 414 g/mol. The number of aryl methyl sites for hydroxylation is 2. The second-order valence-corrected chi connectivity index (χ2v) is 7.38. The Hall–Kier alpha value is -2.79. The lowest BCUT2D eigenvalue weighted by molar-refractivity contribution is -0.142. The lowest BCUT2D eigenvalue weighted by Gasteiger charge is -2.25. The zero-order valence-corrected chi connectivity index (χ0v) is 18.3. The van der Waals surface area contributed by atoms with Crippen LogP contribution < -0.4 is 4.90 Å². The Morgan fingerprint density at radius 1 is 1.28 bits per heavy atom. The molecule has 0 fully saturated rings. The molecule has 0 bridgehead atoms. The molecule has 0 amide bonds. The summed E-state index contributed by atoms with van der Waals surface area (Å²) in [5.74, 6) is -0.177. The minimum absolute atomic E-state index is 0.177. The molecule has 0 atom stereocenters. The van der Waals surface area contributed by atoms with Crippen molar-refractivity contribution in [2.45, 2.75) is 47.0 Å². The number of carbonyl (C=O) groups is 1. The number of nitriles is 1. The number of rotatable bonds is 10. The lowest BCUT2D eigenvalue weighted by Crippen LogP contribution is -2.27. The maximum absolute atomic E-state index is 11.7. The number of esters is 1. The van der Waals surface area contributed by atoms with Crippen LogP contribution in [0.25, 0.3) is 0 Å². The quantitative estimate of drug-likeness (QED) is 0.373. The number of unbranched alkanes of at least 4 members (excludes halogenated alkanes) is 1. The number of ether oxygens (including phenoxy) is 1. The van der Waals surface area contributed by atoms with Gasteiger partial charge < -0.3 is 9.64 Å². The topological polar surface area (TPSA) is 90.9 Å². The second-order valence-electron chi connectivity index (χ2n) is 6.63. The molecule has 1 heterocycles. The van der Waals surface area contributed by atoms with E-state index in [1.54, 1.807) is 6.92 Å². The molecular formula is C21H27N5O2S. The molecule has 2 rings (SSSR count).